The number of hydrogen-bond donors (Lipinski definition) is 2. The molecule has 0 atom stereocenters. The summed E-state index contributed by atoms with van der Waals surface area (Å²) in [6.07, 6.45) is 5.93. The van der Waals surface area contributed by atoms with Gasteiger partial charge >= 0.3 is 5.97 Å². The lowest BCUT2D eigenvalue weighted by Crippen LogP contribution is -2.46. The van der Waals surface area contributed by atoms with Gasteiger partial charge in [-0.15, -0.1) is 11.3 Å². The summed E-state index contributed by atoms with van der Waals surface area (Å²) in [5.74, 6) is -0.636. The first-order chi connectivity index (χ1) is 10.0. The van der Waals surface area contributed by atoms with Crippen LogP contribution in [0.25, 0.3) is 0 Å². The Morgan fingerprint density at radius 3 is 2.57 bits per heavy atom. The first-order valence-electron chi connectivity index (χ1n) is 7.55. The van der Waals surface area contributed by atoms with Crippen molar-refractivity contribution in [2.24, 2.45) is 5.92 Å². The lowest BCUT2D eigenvalue weighted by molar-refractivity contribution is -0.145. The second-order valence-corrected chi connectivity index (χ2v) is 7.16. The Bertz CT molecular complexity index is 557. The maximum atomic E-state index is 12.3. The monoisotopic (exact) mass is 308 g/mol. The number of carboxylic acids is 1. The van der Waals surface area contributed by atoms with Gasteiger partial charge in [-0.1, -0.05) is 12.8 Å². The highest BCUT2D eigenvalue weighted by Gasteiger charge is 2.36. The normalized spacial score (nSPS) is 25.6. The summed E-state index contributed by atoms with van der Waals surface area (Å²) in [4.78, 5) is 28.3. The number of amides is 1. The molecule has 3 rings (SSSR count). The van der Waals surface area contributed by atoms with Crippen LogP contribution in [0.4, 0.5) is 0 Å². The summed E-state index contributed by atoms with van der Waals surface area (Å²) in [6.45, 7) is 1.88. The molecule has 2 fully saturated rings. The first-order valence-corrected chi connectivity index (χ1v) is 8.37. The number of aryl methyl sites for hydroxylation is 1. The van der Waals surface area contributed by atoms with Gasteiger partial charge in [-0.3, -0.25) is 9.59 Å². The molecular formula is C15H20N2O3S. The van der Waals surface area contributed by atoms with Gasteiger partial charge in [0.25, 0.3) is 5.91 Å². The van der Waals surface area contributed by atoms with Crippen LogP contribution in [0.15, 0.2) is 0 Å². The number of nitrogens with one attached hydrogen (secondary N) is 1. The highest BCUT2D eigenvalue weighted by atomic mass is 32.1. The molecule has 114 valence electrons. The first kappa shape index (κ1) is 14.5. The van der Waals surface area contributed by atoms with E-state index in [-0.39, 0.29) is 17.9 Å². The number of hydrogen-bond acceptors (Lipinski definition) is 4. The van der Waals surface area contributed by atoms with Gasteiger partial charge in [0.1, 0.15) is 4.88 Å². The van der Waals surface area contributed by atoms with E-state index in [0.717, 1.165) is 10.7 Å². The molecule has 2 aliphatic carbocycles. The maximum absolute atomic E-state index is 12.3. The minimum absolute atomic E-state index is 0.00460. The van der Waals surface area contributed by atoms with Crippen molar-refractivity contribution >= 4 is 23.2 Å². The lowest BCUT2D eigenvalue weighted by Gasteiger charge is -2.32. The van der Waals surface area contributed by atoms with E-state index in [2.05, 4.69) is 10.3 Å². The van der Waals surface area contributed by atoms with Crippen molar-refractivity contribution in [1.29, 1.82) is 0 Å². The van der Waals surface area contributed by atoms with Crippen LogP contribution in [-0.2, 0) is 4.79 Å². The van der Waals surface area contributed by atoms with Gasteiger partial charge < -0.3 is 10.4 Å². The highest BCUT2D eigenvalue weighted by molar-refractivity contribution is 7.13. The Labute approximate surface area is 127 Å². The molecule has 0 radical (unpaired) electrons. The van der Waals surface area contributed by atoms with E-state index in [1.54, 1.807) is 0 Å². The third-order valence-electron chi connectivity index (χ3n) is 4.55. The number of carboxylic acid groups (broad SMARTS) is 1. The third kappa shape index (κ3) is 2.95. The number of thiazole rings is 1. The van der Waals surface area contributed by atoms with Crippen LogP contribution in [0.2, 0.25) is 0 Å². The lowest BCUT2D eigenvalue weighted by atomic mass is 9.80. The van der Waals surface area contributed by atoms with Crippen molar-refractivity contribution in [3.8, 4) is 0 Å². The molecule has 2 saturated carbocycles. The van der Waals surface area contributed by atoms with Crippen LogP contribution in [0.1, 0.15) is 64.8 Å². The fraction of sp³-hybridized carbons (Fsp3) is 0.667. The zero-order valence-electron chi connectivity index (χ0n) is 12.1. The van der Waals surface area contributed by atoms with E-state index in [9.17, 15) is 9.59 Å². The van der Waals surface area contributed by atoms with Crippen molar-refractivity contribution in [2.45, 2.75) is 57.4 Å². The van der Waals surface area contributed by atoms with Crippen molar-refractivity contribution in [1.82, 2.24) is 10.3 Å². The van der Waals surface area contributed by atoms with Crippen molar-refractivity contribution in [2.75, 3.05) is 0 Å². The van der Waals surface area contributed by atoms with E-state index >= 15 is 0 Å². The second kappa shape index (κ2) is 5.75. The van der Waals surface area contributed by atoms with Crippen LogP contribution < -0.4 is 5.32 Å². The largest absolute Gasteiger partial charge is 0.481 e. The van der Waals surface area contributed by atoms with Gasteiger partial charge in [-0.05, 0) is 32.6 Å². The molecule has 1 heterocycles. The van der Waals surface area contributed by atoms with Crippen LogP contribution >= 0.6 is 11.3 Å². The Morgan fingerprint density at radius 2 is 1.95 bits per heavy atom. The summed E-state index contributed by atoms with van der Waals surface area (Å²) in [6, 6.07) is -0.00460. The molecular weight excluding hydrogens is 288 g/mol. The van der Waals surface area contributed by atoms with E-state index in [4.69, 9.17) is 5.11 Å². The fourth-order valence-corrected chi connectivity index (χ4v) is 4.30. The zero-order chi connectivity index (χ0) is 15.0. The van der Waals surface area contributed by atoms with Gasteiger partial charge in [0.05, 0.1) is 16.6 Å². The predicted octanol–water partition coefficient (Wildman–Crippen LogP) is 2.70. The molecule has 1 amide bonds. The van der Waals surface area contributed by atoms with Crippen LogP contribution in [0.3, 0.4) is 0 Å². The average Bonchev–Trinajstić information content (AvgIpc) is 3.01. The highest BCUT2D eigenvalue weighted by Crippen LogP contribution is 2.37. The molecule has 1 aromatic heterocycles. The molecule has 0 saturated heterocycles. The van der Waals surface area contributed by atoms with Gasteiger partial charge in [0.2, 0.25) is 0 Å². The molecule has 0 bridgehead atoms. The topological polar surface area (TPSA) is 79.3 Å². The van der Waals surface area contributed by atoms with E-state index in [1.165, 1.54) is 37.0 Å². The summed E-state index contributed by atoms with van der Waals surface area (Å²) in [5.41, 5.74) is 0.800. The van der Waals surface area contributed by atoms with Gasteiger partial charge in [0.15, 0.2) is 0 Å². The summed E-state index contributed by atoms with van der Waals surface area (Å²) in [7, 11) is 0. The van der Waals surface area contributed by atoms with E-state index in [0.29, 0.717) is 23.6 Å². The third-order valence-corrected chi connectivity index (χ3v) is 5.86. The molecule has 2 N–H and O–H groups in total. The molecule has 0 aromatic carbocycles. The molecule has 1 aromatic rings. The standard InChI is InChI=1S/C15H20N2O3S/c1-8-12(21-14(16-8)9-4-2-3-5-9)13(18)17-11-6-10(7-11)15(19)20/h9-11H,2-7H2,1H3,(H,17,18)(H,19,20). The smallest absolute Gasteiger partial charge is 0.306 e. The van der Waals surface area contributed by atoms with Crippen molar-refractivity contribution in [3.05, 3.63) is 15.6 Å². The Morgan fingerprint density at radius 1 is 1.29 bits per heavy atom. The summed E-state index contributed by atoms with van der Waals surface area (Å²) in [5, 5.41) is 12.9. The minimum Gasteiger partial charge on any atom is -0.481 e. The Balaban J connectivity index is 1.61. The maximum Gasteiger partial charge on any atom is 0.306 e. The number of aromatic nitrogens is 1. The van der Waals surface area contributed by atoms with Crippen molar-refractivity contribution < 1.29 is 14.7 Å². The molecule has 2 aliphatic rings. The minimum atomic E-state index is -0.766. The number of carbonyl (C=O) groups is 2. The fourth-order valence-electron chi connectivity index (χ4n) is 3.16. The number of nitrogens with zero attached hydrogens (tertiary/aromatic N) is 1. The van der Waals surface area contributed by atoms with E-state index in [1.807, 2.05) is 6.92 Å². The molecule has 5 nitrogen and oxygen atoms in total. The van der Waals surface area contributed by atoms with Crippen LogP contribution in [0.5, 0.6) is 0 Å². The summed E-state index contributed by atoms with van der Waals surface area (Å²) < 4.78 is 0. The van der Waals surface area contributed by atoms with Crippen LogP contribution in [-0.4, -0.2) is 28.0 Å². The molecule has 0 unspecified atom stereocenters. The molecule has 6 heteroatoms. The van der Waals surface area contributed by atoms with Gasteiger partial charge in [-0.25, -0.2) is 4.98 Å². The Hall–Kier alpha value is -1.43. The quantitative estimate of drug-likeness (QED) is 0.896. The predicted molar refractivity (Wildman–Crippen MR) is 79.7 cm³/mol. The number of carbonyl (C=O) groups excluding carboxylic acids is 1. The van der Waals surface area contributed by atoms with Crippen molar-refractivity contribution in [3.63, 3.8) is 0 Å². The SMILES string of the molecule is Cc1nc(C2CCCC2)sc1C(=O)NC1CC(C(=O)O)C1. The number of aliphatic carboxylic acids is 1. The van der Waals surface area contributed by atoms with Crippen LogP contribution in [0, 0.1) is 12.8 Å². The molecule has 0 aliphatic heterocycles. The summed E-state index contributed by atoms with van der Waals surface area (Å²) >= 11 is 1.51. The second-order valence-electron chi connectivity index (χ2n) is 6.12. The Kier molecular flexibility index (Phi) is 3.97. The molecule has 21 heavy (non-hydrogen) atoms. The zero-order valence-corrected chi connectivity index (χ0v) is 12.9. The van der Waals surface area contributed by atoms with E-state index < -0.39 is 5.97 Å². The van der Waals surface area contributed by atoms with Gasteiger partial charge in [0, 0.05) is 12.0 Å². The molecule has 0 spiro atoms. The average molecular weight is 308 g/mol. The number of rotatable bonds is 4. The van der Waals surface area contributed by atoms with Gasteiger partial charge in [-0.2, -0.15) is 0 Å².